The molecule has 25 heavy (non-hydrogen) atoms. The van der Waals surface area contributed by atoms with Crippen molar-refractivity contribution in [2.75, 3.05) is 49.2 Å². The molecule has 2 aliphatic heterocycles. The Kier molecular flexibility index (Phi) is 6.61. The molecule has 0 saturated carbocycles. The molecule has 7 heteroatoms. The fraction of sp³-hybridized carbons (Fsp3) is 0.500. The second-order valence-electron chi connectivity index (χ2n) is 6.62. The van der Waals surface area contributed by atoms with Crippen molar-refractivity contribution in [3.05, 3.63) is 28.0 Å². The van der Waals surface area contributed by atoms with Crippen LogP contribution in [0, 0.1) is 3.70 Å². The van der Waals surface area contributed by atoms with Gasteiger partial charge in [0.1, 0.15) is 9.52 Å². The van der Waals surface area contributed by atoms with Gasteiger partial charge in [0.05, 0.1) is 13.2 Å². The molecule has 2 N–H and O–H groups in total. The van der Waals surface area contributed by atoms with E-state index >= 15 is 0 Å². The molecule has 0 aliphatic carbocycles. The van der Waals surface area contributed by atoms with Gasteiger partial charge in [0, 0.05) is 43.3 Å². The predicted octanol–water partition coefficient (Wildman–Crippen LogP) is 3.22. The second-order valence-corrected chi connectivity index (χ2v) is 7.73. The number of fused-ring (bicyclic) bond motifs is 1. The van der Waals surface area contributed by atoms with Crippen molar-refractivity contribution in [3.8, 4) is 0 Å². The Morgan fingerprint density at radius 3 is 2.68 bits per heavy atom. The number of halogens is 2. The molecule has 0 bridgehead atoms. The average Bonchev–Trinajstić information content (AvgIpc) is 2.61. The zero-order valence-electron chi connectivity index (χ0n) is 14.2. The van der Waals surface area contributed by atoms with Crippen molar-refractivity contribution in [1.29, 1.82) is 0 Å². The number of aromatic nitrogens is 1. The molecular weight excluding hydrogens is 542 g/mol. The highest BCUT2D eigenvalue weighted by Gasteiger charge is 2.21. The summed E-state index contributed by atoms with van der Waals surface area (Å²) in [5.74, 6) is 1.09. The monoisotopic (exact) mass is 566 g/mol. The molecule has 0 unspecified atom stereocenters. The van der Waals surface area contributed by atoms with Gasteiger partial charge in [-0.3, -0.25) is 0 Å². The Labute approximate surface area is 179 Å². The minimum atomic E-state index is 0. The van der Waals surface area contributed by atoms with Crippen LogP contribution in [-0.4, -0.2) is 50.4 Å². The van der Waals surface area contributed by atoms with Gasteiger partial charge in [-0.25, -0.2) is 4.98 Å². The van der Waals surface area contributed by atoms with Crippen LogP contribution < -0.4 is 15.5 Å². The van der Waals surface area contributed by atoms with Gasteiger partial charge in [0.2, 0.25) is 0 Å². The van der Waals surface area contributed by atoms with E-state index in [1.807, 2.05) is 0 Å². The quantitative estimate of drug-likeness (QED) is 0.448. The van der Waals surface area contributed by atoms with Crippen molar-refractivity contribution < 1.29 is 4.74 Å². The Balaban J connectivity index is 0.00000182. The minimum Gasteiger partial charge on any atom is -0.378 e. The van der Waals surface area contributed by atoms with E-state index in [2.05, 4.69) is 56.7 Å². The van der Waals surface area contributed by atoms with Crippen LogP contribution in [0.25, 0.3) is 10.8 Å². The molecule has 2 aliphatic rings. The molecule has 0 spiro atoms. The first kappa shape index (κ1) is 19.4. The van der Waals surface area contributed by atoms with E-state index in [0.717, 1.165) is 61.8 Å². The summed E-state index contributed by atoms with van der Waals surface area (Å²) in [6.45, 7) is 5.44. The van der Waals surface area contributed by atoms with Crippen molar-refractivity contribution in [3.63, 3.8) is 0 Å². The summed E-state index contributed by atoms with van der Waals surface area (Å²) >= 11 is 2.31. The number of pyridine rings is 1. The Morgan fingerprint density at radius 2 is 1.92 bits per heavy atom. The number of ether oxygens (including phenoxy) is 1. The van der Waals surface area contributed by atoms with Crippen LogP contribution in [0.1, 0.15) is 12.8 Å². The van der Waals surface area contributed by atoms with Gasteiger partial charge in [-0.1, -0.05) is 6.07 Å². The van der Waals surface area contributed by atoms with Gasteiger partial charge < -0.3 is 20.3 Å². The molecule has 2 fully saturated rings. The van der Waals surface area contributed by atoms with Crippen LogP contribution in [0.5, 0.6) is 0 Å². The predicted molar refractivity (Wildman–Crippen MR) is 122 cm³/mol. The maximum absolute atomic E-state index is 6.20. The van der Waals surface area contributed by atoms with E-state index in [1.54, 1.807) is 0 Å². The normalized spacial score (nSPS) is 21.3. The number of benzene rings is 1. The summed E-state index contributed by atoms with van der Waals surface area (Å²) in [5.41, 5.74) is 7.46. The standard InChI is InChI=1S/C18H23IN4O.HI/c19-17-10-13-3-4-15(22-6-8-24-9-7-22)11-16(13)18(21-17)23-5-1-2-14(20)12-23;/h3-4,10-11,14H,1-2,5-9,12,20H2;1H/t14-;/m0./s1. The molecule has 4 rings (SSSR count). The molecule has 2 aromatic rings. The zero-order chi connectivity index (χ0) is 16.5. The van der Waals surface area contributed by atoms with E-state index in [4.69, 9.17) is 15.5 Å². The number of anilines is 2. The first-order chi connectivity index (χ1) is 11.7. The molecule has 5 nitrogen and oxygen atoms in total. The van der Waals surface area contributed by atoms with Crippen LogP contribution in [-0.2, 0) is 4.74 Å². The molecule has 1 aromatic heterocycles. The lowest BCUT2D eigenvalue weighted by Gasteiger charge is -2.33. The highest BCUT2D eigenvalue weighted by atomic mass is 127. The lowest BCUT2D eigenvalue weighted by molar-refractivity contribution is 0.122. The number of rotatable bonds is 2. The largest absolute Gasteiger partial charge is 0.378 e. The number of piperidine rings is 1. The van der Waals surface area contributed by atoms with Gasteiger partial charge in [-0.05, 0) is 59.0 Å². The average molecular weight is 566 g/mol. The lowest BCUT2D eigenvalue weighted by Crippen LogP contribution is -2.43. The van der Waals surface area contributed by atoms with Crippen LogP contribution in [0.15, 0.2) is 24.3 Å². The van der Waals surface area contributed by atoms with Crippen LogP contribution >= 0.6 is 46.6 Å². The topological polar surface area (TPSA) is 54.6 Å². The first-order valence-corrected chi connectivity index (χ1v) is 9.72. The summed E-state index contributed by atoms with van der Waals surface area (Å²) in [4.78, 5) is 9.62. The number of nitrogens with zero attached hydrogens (tertiary/aromatic N) is 3. The highest BCUT2D eigenvalue weighted by Crippen LogP contribution is 2.32. The smallest absolute Gasteiger partial charge is 0.137 e. The summed E-state index contributed by atoms with van der Waals surface area (Å²) < 4.78 is 6.51. The summed E-state index contributed by atoms with van der Waals surface area (Å²) in [7, 11) is 0. The van der Waals surface area contributed by atoms with Crippen molar-refractivity contribution >= 4 is 68.8 Å². The zero-order valence-corrected chi connectivity index (χ0v) is 18.6. The van der Waals surface area contributed by atoms with E-state index in [1.165, 1.54) is 16.5 Å². The van der Waals surface area contributed by atoms with Gasteiger partial charge in [-0.15, -0.1) is 24.0 Å². The lowest BCUT2D eigenvalue weighted by atomic mass is 10.0. The second kappa shape index (κ2) is 8.53. The molecule has 1 aromatic carbocycles. The number of morpholine rings is 1. The third-order valence-electron chi connectivity index (χ3n) is 4.90. The van der Waals surface area contributed by atoms with Crippen LogP contribution in [0.3, 0.4) is 0 Å². The van der Waals surface area contributed by atoms with Crippen molar-refractivity contribution in [2.24, 2.45) is 5.73 Å². The van der Waals surface area contributed by atoms with Gasteiger partial charge >= 0.3 is 0 Å². The third-order valence-corrected chi connectivity index (χ3v) is 5.45. The fourth-order valence-corrected chi connectivity index (χ4v) is 4.21. The fourth-order valence-electron chi connectivity index (χ4n) is 3.65. The Morgan fingerprint density at radius 1 is 1.12 bits per heavy atom. The van der Waals surface area contributed by atoms with E-state index in [-0.39, 0.29) is 30.0 Å². The molecule has 3 heterocycles. The molecule has 136 valence electrons. The number of hydrogen-bond donors (Lipinski definition) is 1. The Bertz CT molecular complexity index is 736. The number of nitrogens with two attached hydrogens (primary N) is 1. The van der Waals surface area contributed by atoms with E-state index in [9.17, 15) is 0 Å². The number of hydrogen-bond acceptors (Lipinski definition) is 5. The summed E-state index contributed by atoms with van der Waals surface area (Å²) in [6, 6.07) is 9.13. The van der Waals surface area contributed by atoms with Crippen LogP contribution in [0.4, 0.5) is 11.5 Å². The van der Waals surface area contributed by atoms with E-state index < -0.39 is 0 Å². The SMILES string of the molecule is I.N[C@H]1CCCN(c2nc(I)cc3ccc(N4CCOCC4)cc23)C1. The third kappa shape index (κ3) is 4.30. The van der Waals surface area contributed by atoms with Crippen LogP contribution in [0.2, 0.25) is 0 Å². The van der Waals surface area contributed by atoms with Gasteiger partial charge in [0.25, 0.3) is 0 Å². The van der Waals surface area contributed by atoms with Gasteiger partial charge in [0.15, 0.2) is 0 Å². The highest BCUT2D eigenvalue weighted by molar-refractivity contribution is 14.1. The summed E-state index contributed by atoms with van der Waals surface area (Å²) in [6.07, 6.45) is 2.25. The summed E-state index contributed by atoms with van der Waals surface area (Å²) in [5, 5.41) is 2.48. The first-order valence-electron chi connectivity index (χ1n) is 8.64. The molecular formula is C18H24I2N4O. The molecule has 0 amide bonds. The van der Waals surface area contributed by atoms with E-state index in [0.29, 0.717) is 0 Å². The maximum atomic E-state index is 6.20. The van der Waals surface area contributed by atoms with Crippen molar-refractivity contribution in [1.82, 2.24) is 4.98 Å². The van der Waals surface area contributed by atoms with Crippen molar-refractivity contribution in [2.45, 2.75) is 18.9 Å². The Hall–Kier alpha value is -0.390. The molecule has 2 saturated heterocycles. The minimum absolute atomic E-state index is 0. The maximum Gasteiger partial charge on any atom is 0.137 e. The van der Waals surface area contributed by atoms with Gasteiger partial charge in [-0.2, -0.15) is 0 Å². The molecule has 1 atom stereocenters. The molecule has 0 radical (unpaired) electrons.